The molecule has 0 bridgehead atoms. The van der Waals surface area contributed by atoms with Gasteiger partial charge in [-0.25, -0.2) is 0 Å². The van der Waals surface area contributed by atoms with Crippen LogP contribution in [0.1, 0.15) is 32.3 Å². The summed E-state index contributed by atoms with van der Waals surface area (Å²) in [5.74, 6) is 0.391. The lowest BCUT2D eigenvalue weighted by molar-refractivity contribution is -0.127. The average molecular weight is 374 g/mol. The van der Waals surface area contributed by atoms with Crippen LogP contribution >= 0.6 is 27.5 Å². The van der Waals surface area contributed by atoms with Crippen LogP contribution in [0.15, 0.2) is 16.6 Å². The van der Waals surface area contributed by atoms with E-state index in [0.29, 0.717) is 10.9 Å². The minimum Gasteiger partial charge on any atom is -0.325 e. The summed E-state index contributed by atoms with van der Waals surface area (Å²) in [6.07, 6.45) is 2.21. The lowest BCUT2D eigenvalue weighted by Crippen LogP contribution is -2.44. The molecule has 2 rings (SSSR count). The normalized spacial score (nSPS) is 19.4. The molecular formula is C16H22BrClN2O. The second-order valence-electron chi connectivity index (χ2n) is 6.30. The third-order valence-electron chi connectivity index (χ3n) is 4.40. The molecule has 0 saturated carbocycles. The number of aryl methyl sites for hydroxylation is 1. The highest BCUT2D eigenvalue weighted by Crippen LogP contribution is 2.35. The van der Waals surface area contributed by atoms with Crippen LogP contribution in [-0.2, 0) is 4.79 Å². The van der Waals surface area contributed by atoms with Crippen LogP contribution in [0.4, 0.5) is 5.69 Å². The van der Waals surface area contributed by atoms with E-state index in [-0.39, 0.29) is 5.91 Å². The first kappa shape index (κ1) is 16.8. The molecular weight excluding hydrogens is 352 g/mol. The summed E-state index contributed by atoms with van der Waals surface area (Å²) in [7, 11) is 0. The molecule has 2 N–H and O–H groups in total. The number of nitrogens with one attached hydrogen (secondary N) is 2. The first-order valence-corrected chi connectivity index (χ1v) is 8.47. The van der Waals surface area contributed by atoms with E-state index in [0.717, 1.165) is 41.7 Å². The summed E-state index contributed by atoms with van der Waals surface area (Å²) in [5, 5.41) is 7.05. The summed E-state index contributed by atoms with van der Waals surface area (Å²) < 4.78 is 0.857. The molecule has 0 radical (unpaired) electrons. The van der Waals surface area contributed by atoms with E-state index in [1.807, 2.05) is 26.8 Å². The lowest BCUT2D eigenvalue weighted by Gasteiger charge is -2.36. The molecule has 116 valence electrons. The van der Waals surface area contributed by atoms with Crippen LogP contribution in [0.2, 0.25) is 5.02 Å². The van der Waals surface area contributed by atoms with Crippen molar-refractivity contribution < 1.29 is 4.79 Å². The zero-order valence-electron chi connectivity index (χ0n) is 12.7. The van der Waals surface area contributed by atoms with Crippen molar-refractivity contribution in [3.8, 4) is 0 Å². The zero-order valence-corrected chi connectivity index (χ0v) is 15.1. The number of benzene rings is 1. The van der Waals surface area contributed by atoms with E-state index in [1.165, 1.54) is 0 Å². The van der Waals surface area contributed by atoms with Gasteiger partial charge in [-0.2, -0.15) is 0 Å². The van der Waals surface area contributed by atoms with Gasteiger partial charge in [-0.3, -0.25) is 4.79 Å². The van der Waals surface area contributed by atoms with Crippen molar-refractivity contribution in [1.29, 1.82) is 0 Å². The fourth-order valence-corrected chi connectivity index (χ4v) is 3.40. The molecule has 1 atom stereocenters. The molecule has 0 aromatic heterocycles. The molecule has 1 aromatic carbocycles. The van der Waals surface area contributed by atoms with Crippen LogP contribution in [0.25, 0.3) is 0 Å². The van der Waals surface area contributed by atoms with Gasteiger partial charge in [0.2, 0.25) is 5.91 Å². The Morgan fingerprint density at radius 2 is 2.19 bits per heavy atom. The summed E-state index contributed by atoms with van der Waals surface area (Å²) in [4.78, 5) is 12.7. The highest BCUT2D eigenvalue weighted by molar-refractivity contribution is 9.10. The van der Waals surface area contributed by atoms with Gasteiger partial charge in [0, 0.05) is 14.9 Å². The maximum atomic E-state index is 12.7. The van der Waals surface area contributed by atoms with Gasteiger partial charge in [0.15, 0.2) is 0 Å². The Bertz CT molecular complexity index is 539. The zero-order chi connectivity index (χ0) is 15.6. The van der Waals surface area contributed by atoms with Crippen LogP contribution < -0.4 is 10.6 Å². The fourth-order valence-electron chi connectivity index (χ4n) is 2.68. The van der Waals surface area contributed by atoms with Crippen molar-refractivity contribution in [2.24, 2.45) is 11.3 Å². The smallest absolute Gasteiger partial charge is 0.230 e. The molecule has 21 heavy (non-hydrogen) atoms. The Hall–Kier alpha value is -0.580. The number of anilines is 1. The van der Waals surface area contributed by atoms with Gasteiger partial charge >= 0.3 is 0 Å². The molecule has 1 aromatic rings. The molecule has 1 aliphatic heterocycles. The Morgan fingerprint density at radius 1 is 1.48 bits per heavy atom. The quantitative estimate of drug-likeness (QED) is 0.825. The Kier molecular flexibility index (Phi) is 5.33. The molecule has 1 unspecified atom stereocenters. The number of piperidine rings is 1. The first-order chi connectivity index (χ1) is 9.82. The number of amides is 1. The van der Waals surface area contributed by atoms with E-state index < -0.39 is 5.41 Å². The predicted molar refractivity (Wildman–Crippen MR) is 91.9 cm³/mol. The molecule has 1 amide bonds. The van der Waals surface area contributed by atoms with E-state index in [9.17, 15) is 4.79 Å². The van der Waals surface area contributed by atoms with Gasteiger partial charge in [-0.15, -0.1) is 0 Å². The average Bonchev–Trinajstić information content (AvgIpc) is 2.45. The highest BCUT2D eigenvalue weighted by atomic mass is 79.9. The summed E-state index contributed by atoms with van der Waals surface area (Å²) in [6.45, 7) is 7.92. The van der Waals surface area contributed by atoms with E-state index >= 15 is 0 Å². The Labute approximate surface area is 140 Å². The number of halogens is 2. The van der Waals surface area contributed by atoms with Crippen LogP contribution in [0, 0.1) is 18.3 Å². The summed E-state index contributed by atoms with van der Waals surface area (Å²) in [5.41, 5.74) is 1.30. The van der Waals surface area contributed by atoms with Gasteiger partial charge in [0.05, 0.1) is 5.69 Å². The standard InChI is InChI=1S/C16H22BrClN2O/c1-10-7-12(17)14(8-13(10)18)20-15(21)16(2,3)11-5-4-6-19-9-11/h7-8,11,19H,4-6,9H2,1-3H3,(H,20,21). The predicted octanol–water partition coefficient (Wildman–Crippen LogP) is 4.38. The minimum absolute atomic E-state index is 0.0387. The first-order valence-electron chi connectivity index (χ1n) is 7.30. The molecule has 0 aliphatic carbocycles. The van der Waals surface area contributed by atoms with Crippen molar-refractivity contribution in [2.75, 3.05) is 18.4 Å². The third kappa shape index (κ3) is 3.79. The number of rotatable bonds is 3. The molecule has 1 fully saturated rings. The molecule has 5 heteroatoms. The molecule has 1 saturated heterocycles. The Morgan fingerprint density at radius 3 is 2.81 bits per heavy atom. The fraction of sp³-hybridized carbons (Fsp3) is 0.562. The number of carbonyl (C=O) groups is 1. The largest absolute Gasteiger partial charge is 0.325 e. The van der Waals surface area contributed by atoms with Crippen LogP contribution in [-0.4, -0.2) is 19.0 Å². The Balaban J connectivity index is 2.15. The second kappa shape index (κ2) is 6.67. The third-order valence-corrected chi connectivity index (χ3v) is 5.46. The second-order valence-corrected chi connectivity index (χ2v) is 7.56. The van der Waals surface area contributed by atoms with Gasteiger partial charge in [0.25, 0.3) is 0 Å². The number of hydrogen-bond acceptors (Lipinski definition) is 2. The topological polar surface area (TPSA) is 41.1 Å². The van der Waals surface area contributed by atoms with Crippen molar-refractivity contribution in [3.63, 3.8) is 0 Å². The number of hydrogen-bond donors (Lipinski definition) is 2. The summed E-state index contributed by atoms with van der Waals surface area (Å²) in [6, 6.07) is 3.72. The van der Waals surface area contributed by atoms with Crippen molar-refractivity contribution in [3.05, 3.63) is 27.2 Å². The van der Waals surface area contributed by atoms with Crippen LogP contribution in [0.3, 0.4) is 0 Å². The minimum atomic E-state index is -0.412. The van der Waals surface area contributed by atoms with Gasteiger partial charge in [0.1, 0.15) is 0 Å². The maximum Gasteiger partial charge on any atom is 0.230 e. The van der Waals surface area contributed by atoms with Crippen molar-refractivity contribution in [1.82, 2.24) is 5.32 Å². The molecule has 0 spiro atoms. The van der Waals surface area contributed by atoms with Gasteiger partial charge in [-0.1, -0.05) is 25.4 Å². The van der Waals surface area contributed by atoms with Crippen molar-refractivity contribution >= 4 is 39.1 Å². The van der Waals surface area contributed by atoms with Gasteiger partial charge < -0.3 is 10.6 Å². The molecule has 3 nitrogen and oxygen atoms in total. The highest BCUT2D eigenvalue weighted by Gasteiger charge is 2.37. The number of carbonyl (C=O) groups excluding carboxylic acids is 1. The maximum absolute atomic E-state index is 12.7. The van der Waals surface area contributed by atoms with Crippen molar-refractivity contribution in [2.45, 2.75) is 33.6 Å². The summed E-state index contributed by atoms with van der Waals surface area (Å²) >= 11 is 9.64. The molecule has 1 heterocycles. The van der Waals surface area contributed by atoms with Crippen LogP contribution in [0.5, 0.6) is 0 Å². The lowest BCUT2D eigenvalue weighted by atomic mass is 9.74. The van der Waals surface area contributed by atoms with E-state index in [2.05, 4.69) is 26.6 Å². The monoisotopic (exact) mass is 372 g/mol. The molecule has 1 aliphatic rings. The van der Waals surface area contributed by atoms with Gasteiger partial charge in [-0.05, 0) is 72.4 Å². The van der Waals surface area contributed by atoms with E-state index in [1.54, 1.807) is 6.07 Å². The SMILES string of the molecule is Cc1cc(Br)c(NC(=O)C(C)(C)C2CCCNC2)cc1Cl. The van der Waals surface area contributed by atoms with E-state index in [4.69, 9.17) is 11.6 Å².